The van der Waals surface area contributed by atoms with E-state index in [-0.39, 0.29) is 24.1 Å². The number of carbonyl (C=O) groups excluding carboxylic acids is 1. The molecular formula is C25H29F3N6O2. The van der Waals surface area contributed by atoms with Crippen LogP contribution < -0.4 is 15.1 Å². The lowest BCUT2D eigenvalue weighted by atomic mass is 9.94. The van der Waals surface area contributed by atoms with Gasteiger partial charge in [-0.05, 0) is 55.7 Å². The Morgan fingerprint density at radius 3 is 2.39 bits per heavy atom. The van der Waals surface area contributed by atoms with Gasteiger partial charge in [-0.15, -0.1) is 0 Å². The van der Waals surface area contributed by atoms with Crippen LogP contribution >= 0.6 is 0 Å². The van der Waals surface area contributed by atoms with E-state index < -0.39 is 18.0 Å². The van der Waals surface area contributed by atoms with Crippen molar-refractivity contribution in [2.75, 3.05) is 42.6 Å². The zero-order valence-electron chi connectivity index (χ0n) is 19.8. The molecule has 4 rings (SSSR count). The van der Waals surface area contributed by atoms with Gasteiger partial charge in [0.05, 0.1) is 11.6 Å². The fraction of sp³-hybridized carbons (Fsp3) is 0.520. The Morgan fingerprint density at radius 2 is 1.81 bits per heavy atom. The Balaban J connectivity index is 1.42. The average molecular weight is 503 g/mol. The van der Waals surface area contributed by atoms with Crippen LogP contribution in [0.25, 0.3) is 0 Å². The molecule has 2 fully saturated rings. The number of carbonyl (C=O) groups is 1. The molecule has 2 saturated heterocycles. The van der Waals surface area contributed by atoms with Crippen LogP contribution in [0.3, 0.4) is 0 Å². The van der Waals surface area contributed by atoms with E-state index in [1.165, 1.54) is 6.07 Å². The number of halogens is 3. The van der Waals surface area contributed by atoms with Gasteiger partial charge in [0.25, 0.3) is 0 Å². The SMILES string of the molecule is N#Cc1ccc(CCNC(=O)C2CCN2c2cc(N3CCC(CCO)CC3)nc(C(F)(F)F)n2)cc1. The maximum absolute atomic E-state index is 13.6. The van der Waals surface area contributed by atoms with Crippen molar-refractivity contribution in [2.24, 2.45) is 5.92 Å². The maximum atomic E-state index is 13.6. The highest BCUT2D eigenvalue weighted by Gasteiger charge is 2.40. The first-order valence-electron chi connectivity index (χ1n) is 12.1. The van der Waals surface area contributed by atoms with Gasteiger partial charge in [-0.1, -0.05) is 12.1 Å². The minimum absolute atomic E-state index is 0.100. The molecule has 1 amide bonds. The molecular weight excluding hydrogens is 473 g/mol. The van der Waals surface area contributed by atoms with Crippen LogP contribution in [0, 0.1) is 17.2 Å². The van der Waals surface area contributed by atoms with Gasteiger partial charge < -0.3 is 20.2 Å². The van der Waals surface area contributed by atoms with Gasteiger partial charge in [-0.25, -0.2) is 9.97 Å². The number of nitrogens with one attached hydrogen (secondary N) is 1. The van der Waals surface area contributed by atoms with Gasteiger partial charge in [0.15, 0.2) is 0 Å². The van der Waals surface area contributed by atoms with E-state index in [1.807, 2.05) is 17.0 Å². The van der Waals surface area contributed by atoms with Crippen molar-refractivity contribution in [3.63, 3.8) is 0 Å². The average Bonchev–Trinajstić information content (AvgIpc) is 2.84. The highest BCUT2D eigenvalue weighted by molar-refractivity contribution is 5.86. The topological polar surface area (TPSA) is 105 Å². The lowest BCUT2D eigenvalue weighted by Gasteiger charge is -2.41. The smallest absolute Gasteiger partial charge is 0.396 e. The summed E-state index contributed by atoms with van der Waals surface area (Å²) in [5.74, 6) is -0.805. The molecule has 1 unspecified atom stereocenters. The van der Waals surface area contributed by atoms with Crippen molar-refractivity contribution in [1.29, 1.82) is 5.26 Å². The van der Waals surface area contributed by atoms with Gasteiger partial charge in [0, 0.05) is 38.9 Å². The number of aromatic nitrogens is 2. The molecule has 1 aromatic heterocycles. The predicted octanol–water partition coefficient (Wildman–Crippen LogP) is 2.90. The quantitative estimate of drug-likeness (QED) is 0.572. The molecule has 0 bridgehead atoms. The van der Waals surface area contributed by atoms with Crippen molar-refractivity contribution in [3.05, 3.63) is 47.3 Å². The van der Waals surface area contributed by atoms with E-state index in [0.29, 0.717) is 56.9 Å². The van der Waals surface area contributed by atoms with E-state index in [4.69, 9.17) is 10.4 Å². The van der Waals surface area contributed by atoms with Crippen LogP contribution in [-0.2, 0) is 17.4 Å². The normalized spacial score (nSPS) is 18.5. The number of piperidine rings is 1. The van der Waals surface area contributed by atoms with Crippen LogP contribution in [0.1, 0.15) is 42.6 Å². The van der Waals surface area contributed by atoms with Crippen LogP contribution in [0.15, 0.2) is 30.3 Å². The number of aliphatic hydroxyl groups excluding tert-OH is 1. The molecule has 2 aliphatic rings. The van der Waals surface area contributed by atoms with Gasteiger partial charge in [-0.2, -0.15) is 18.4 Å². The number of hydrogen-bond donors (Lipinski definition) is 2. The van der Waals surface area contributed by atoms with Crippen molar-refractivity contribution in [2.45, 2.75) is 44.3 Å². The fourth-order valence-corrected chi connectivity index (χ4v) is 4.62. The predicted molar refractivity (Wildman–Crippen MR) is 127 cm³/mol. The highest BCUT2D eigenvalue weighted by atomic mass is 19.4. The summed E-state index contributed by atoms with van der Waals surface area (Å²) in [6, 6.07) is 10.1. The highest BCUT2D eigenvalue weighted by Crippen LogP contribution is 2.34. The second-order valence-electron chi connectivity index (χ2n) is 9.20. The first-order valence-corrected chi connectivity index (χ1v) is 12.1. The van der Waals surface area contributed by atoms with Crippen molar-refractivity contribution in [3.8, 4) is 6.07 Å². The van der Waals surface area contributed by atoms with E-state index >= 15 is 0 Å². The zero-order valence-corrected chi connectivity index (χ0v) is 19.8. The summed E-state index contributed by atoms with van der Waals surface area (Å²) in [7, 11) is 0. The third kappa shape index (κ3) is 6.05. The third-order valence-electron chi connectivity index (χ3n) is 6.84. The summed E-state index contributed by atoms with van der Waals surface area (Å²) in [6.07, 6.45) is -1.37. The van der Waals surface area contributed by atoms with Crippen molar-refractivity contribution < 1.29 is 23.1 Å². The molecule has 1 atom stereocenters. The summed E-state index contributed by atoms with van der Waals surface area (Å²) >= 11 is 0. The van der Waals surface area contributed by atoms with Crippen LogP contribution in [0.5, 0.6) is 0 Å². The van der Waals surface area contributed by atoms with Crippen LogP contribution in [-0.4, -0.2) is 59.8 Å². The monoisotopic (exact) mass is 502 g/mol. The molecule has 2 aromatic rings. The second-order valence-corrected chi connectivity index (χ2v) is 9.20. The number of hydrogen-bond acceptors (Lipinski definition) is 7. The molecule has 0 saturated carbocycles. The Bertz CT molecular complexity index is 1090. The van der Waals surface area contributed by atoms with E-state index in [1.54, 1.807) is 17.0 Å². The molecule has 2 aliphatic heterocycles. The molecule has 36 heavy (non-hydrogen) atoms. The first kappa shape index (κ1) is 25.7. The summed E-state index contributed by atoms with van der Waals surface area (Å²) < 4.78 is 40.8. The van der Waals surface area contributed by atoms with Gasteiger partial charge in [-0.3, -0.25) is 4.79 Å². The Labute approximate surface area is 207 Å². The maximum Gasteiger partial charge on any atom is 0.451 e. The van der Waals surface area contributed by atoms with Gasteiger partial charge in [0.1, 0.15) is 17.7 Å². The van der Waals surface area contributed by atoms with E-state index in [0.717, 1.165) is 18.4 Å². The number of rotatable bonds is 8. The summed E-state index contributed by atoms with van der Waals surface area (Å²) in [6.45, 7) is 2.02. The molecule has 0 spiro atoms. The molecule has 2 N–H and O–H groups in total. The molecule has 192 valence electrons. The minimum Gasteiger partial charge on any atom is -0.396 e. The number of amides is 1. The molecule has 0 aliphatic carbocycles. The largest absolute Gasteiger partial charge is 0.451 e. The van der Waals surface area contributed by atoms with E-state index in [9.17, 15) is 18.0 Å². The molecule has 8 nitrogen and oxygen atoms in total. The second kappa shape index (κ2) is 11.1. The molecule has 11 heteroatoms. The van der Waals surface area contributed by atoms with Crippen molar-refractivity contribution >= 4 is 17.5 Å². The third-order valence-corrected chi connectivity index (χ3v) is 6.84. The Hall–Kier alpha value is -3.39. The number of anilines is 2. The van der Waals surface area contributed by atoms with Gasteiger partial charge >= 0.3 is 6.18 Å². The molecule has 1 aromatic carbocycles. The van der Waals surface area contributed by atoms with Gasteiger partial charge in [0.2, 0.25) is 11.7 Å². The Morgan fingerprint density at radius 1 is 1.11 bits per heavy atom. The number of nitriles is 1. The number of aliphatic hydroxyl groups is 1. The van der Waals surface area contributed by atoms with Crippen molar-refractivity contribution in [1.82, 2.24) is 15.3 Å². The van der Waals surface area contributed by atoms with Crippen LogP contribution in [0.4, 0.5) is 24.8 Å². The fourth-order valence-electron chi connectivity index (χ4n) is 4.62. The summed E-state index contributed by atoms with van der Waals surface area (Å²) in [5.41, 5.74) is 1.53. The Kier molecular flexibility index (Phi) is 7.94. The lowest BCUT2D eigenvalue weighted by Crippen LogP contribution is -2.57. The summed E-state index contributed by atoms with van der Waals surface area (Å²) in [4.78, 5) is 23.8. The van der Waals surface area contributed by atoms with E-state index in [2.05, 4.69) is 21.4 Å². The molecule has 0 radical (unpaired) electrons. The zero-order chi connectivity index (χ0) is 25.7. The lowest BCUT2D eigenvalue weighted by molar-refractivity contribution is -0.144. The number of benzene rings is 1. The minimum atomic E-state index is -4.70. The molecule has 3 heterocycles. The number of nitrogens with zero attached hydrogens (tertiary/aromatic N) is 5. The number of alkyl halides is 3. The first-order chi connectivity index (χ1) is 17.3. The summed E-state index contributed by atoms with van der Waals surface area (Å²) in [5, 5.41) is 20.9. The van der Waals surface area contributed by atoms with Crippen LogP contribution in [0.2, 0.25) is 0 Å². The standard InChI is InChI=1S/C25H29F3N6O2/c26-25(27,28)24-31-21(33-11-6-18(7-12-33)9-14-35)15-22(32-24)34-13-8-20(34)23(36)30-10-5-17-1-3-19(16-29)4-2-17/h1-4,15,18,20,35H,5-14H2,(H,30,36).